The van der Waals surface area contributed by atoms with E-state index in [1.165, 1.54) is 43.1 Å². The first kappa shape index (κ1) is 19.6. The maximum absolute atomic E-state index is 15.1. The van der Waals surface area contributed by atoms with Crippen LogP contribution in [0.25, 0.3) is 0 Å². The molecule has 31 heavy (non-hydrogen) atoms. The second-order valence-corrected chi connectivity index (χ2v) is 10.8. The number of halogens is 1. The van der Waals surface area contributed by atoms with Crippen LogP contribution in [-0.2, 0) is 4.79 Å². The second kappa shape index (κ2) is 6.94. The first-order valence-corrected chi connectivity index (χ1v) is 11.9. The van der Waals surface area contributed by atoms with Gasteiger partial charge in [-0.1, -0.05) is 0 Å². The Morgan fingerprint density at radius 3 is 2.55 bits per heavy atom. The SMILES string of the molecule is O=C(O)[C@@H]1CCCN1C(=O)c1cc(C2CC2)c(OCC23CC4CC(CC2C4)C3)cc1F. The average molecular weight is 428 g/mol. The zero-order valence-corrected chi connectivity index (χ0v) is 17.8. The highest BCUT2D eigenvalue weighted by Gasteiger charge is 2.58. The number of carboxylic acid groups (broad SMARTS) is 1. The van der Waals surface area contributed by atoms with E-state index in [9.17, 15) is 14.7 Å². The van der Waals surface area contributed by atoms with Crippen molar-refractivity contribution >= 4 is 11.9 Å². The minimum absolute atomic E-state index is 0.0126. The fourth-order valence-electron chi connectivity index (χ4n) is 7.42. The van der Waals surface area contributed by atoms with Crippen LogP contribution in [0.4, 0.5) is 4.39 Å². The number of ether oxygens (including phenoxy) is 1. The Morgan fingerprint density at radius 2 is 1.87 bits per heavy atom. The molecular formula is C25H30FNO4. The predicted molar refractivity (Wildman–Crippen MR) is 112 cm³/mol. The zero-order chi connectivity index (χ0) is 21.3. The number of likely N-dealkylation sites (tertiary alicyclic amines) is 1. The molecule has 1 saturated heterocycles. The van der Waals surface area contributed by atoms with E-state index in [1.807, 2.05) is 0 Å². The molecule has 7 rings (SSSR count). The van der Waals surface area contributed by atoms with Gasteiger partial charge in [-0.05, 0) is 93.1 Å². The first-order valence-electron chi connectivity index (χ1n) is 11.9. The molecule has 0 aromatic heterocycles. The van der Waals surface area contributed by atoms with E-state index in [0.717, 1.165) is 36.2 Å². The van der Waals surface area contributed by atoms with Crippen LogP contribution in [0.5, 0.6) is 5.75 Å². The largest absolute Gasteiger partial charge is 0.493 e. The molecular weight excluding hydrogens is 397 g/mol. The van der Waals surface area contributed by atoms with Gasteiger partial charge >= 0.3 is 5.97 Å². The number of carbonyl (C=O) groups is 2. The van der Waals surface area contributed by atoms with Crippen LogP contribution in [0.2, 0.25) is 0 Å². The Bertz CT molecular complexity index is 928. The van der Waals surface area contributed by atoms with Crippen molar-refractivity contribution < 1.29 is 23.8 Å². The Balaban J connectivity index is 1.25. The highest BCUT2D eigenvalue weighted by Crippen LogP contribution is 2.65. The lowest BCUT2D eigenvalue weighted by Gasteiger charge is -2.33. The summed E-state index contributed by atoms with van der Waals surface area (Å²) in [7, 11) is 0. The maximum Gasteiger partial charge on any atom is 0.326 e. The quantitative estimate of drug-likeness (QED) is 0.721. The number of benzene rings is 1. The molecule has 4 bridgehead atoms. The first-order chi connectivity index (χ1) is 14.9. The fraction of sp³-hybridized carbons (Fsp3) is 0.680. The average Bonchev–Trinajstić information content (AvgIpc) is 3.32. The predicted octanol–water partition coefficient (Wildman–Crippen LogP) is 4.60. The van der Waals surface area contributed by atoms with Crippen molar-refractivity contribution in [3.63, 3.8) is 0 Å². The lowest BCUT2D eigenvalue weighted by molar-refractivity contribution is -0.141. The molecule has 1 aromatic carbocycles. The van der Waals surface area contributed by atoms with E-state index >= 15 is 4.39 Å². The van der Waals surface area contributed by atoms with Crippen molar-refractivity contribution in [1.29, 1.82) is 0 Å². The van der Waals surface area contributed by atoms with Crippen LogP contribution in [0.15, 0.2) is 12.1 Å². The van der Waals surface area contributed by atoms with Crippen LogP contribution in [0.1, 0.15) is 79.6 Å². The van der Waals surface area contributed by atoms with Crippen LogP contribution in [0, 0.1) is 29.0 Å². The molecule has 1 amide bonds. The number of amides is 1. The van der Waals surface area contributed by atoms with Crippen molar-refractivity contribution in [2.75, 3.05) is 13.2 Å². The third kappa shape index (κ3) is 3.16. The number of nitrogens with zero attached hydrogens (tertiary/aromatic N) is 1. The Hall–Kier alpha value is -2.11. The molecule has 5 saturated carbocycles. The highest BCUT2D eigenvalue weighted by molar-refractivity contribution is 5.97. The van der Waals surface area contributed by atoms with Gasteiger partial charge in [0.2, 0.25) is 0 Å². The maximum atomic E-state index is 15.1. The van der Waals surface area contributed by atoms with Crippen LogP contribution >= 0.6 is 0 Å². The van der Waals surface area contributed by atoms with Crippen molar-refractivity contribution in [3.05, 3.63) is 29.1 Å². The molecule has 1 aliphatic heterocycles. The summed E-state index contributed by atoms with van der Waals surface area (Å²) in [5.74, 6) is 1.23. The van der Waals surface area contributed by atoms with E-state index in [0.29, 0.717) is 37.7 Å². The van der Waals surface area contributed by atoms with Gasteiger partial charge in [0.15, 0.2) is 0 Å². The molecule has 6 heteroatoms. The summed E-state index contributed by atoms with van der Waals surface area (Å²) in [6.07, 6.45) is 9.64. The highest BCUT2D eigenvalue weighted by atomic mass is 19.1. The third-order valence-electron chi connectivity index (χ3n) is 8.82. The van der Waals surface area contributed by atoms with Crippen molar-refractivity contribution in [1.82, 2.24) is 4.90 Å². The van der Waals surface area contributed by atoms with Crippen molar-refractivity contribution in [3.8, 4) is 5.75 Å². The summed E-state index contributed by atoms with van der Waals surface area (Å²) in [6, 6.07) is 2.18. The zero-order valence-electron chi connectivity index (χ0n) is 17.8. The lowest BCUT2D eigenvalue weighted by atomic mass is 9.76. The van der Waals surface area contributed by atoms with Gasteiger partial charge in [0, 0.05) is 18.0 Å². The van der Waals surface area contributed by atoms with E-state index in [-0.39, 0.29) is 11.0 Å². The lowest BCUT2D eigenvalue weighted by Crippen LogP contribution is -2.40. The van der Waals surface area contributed by atoms with Gasteiger partial charge in [-0.25, -0.2) is 9.18 Å². The van der Waals surface area contributed by atoms with E-state index in [2.05, 4.69) is 0 Å². The number of hydrogen-bond donors (Lipinski definition) is 1. The van der Waals surface area contributed by atoms with Gasteiger partial charge in [0.05, 0.1) is 12.2 Å². The van der Waals surface area contributed by atoms with E-state index in [4.69, 9.17) is 4.74 Å². The number of rotatable bonds is 6. The number of carbonyl (C=O) groups excluding carboxylic acids is 1. The van der Waals surface area contributed by atoms with Crippen molar-refractivity contribution in [2.45, 2.75) is 69.7 Å². The Kier molecular flexibility index (Phi) is 4.38. The molecule has 0 radical (unpaired) electrons. The van der Waals surface area contributed by atoms with Gasteiger partial charge in [-0.3, -0.25) is 4.79 Å². The Labute approximate surface area is 181 Å². The van der Waals surface area contributed by atoms with E-state index < -0.39 is 23.7 Å². The smallest absolute Gasteiger partial charge is 0.326 e. The molecule has 1 aromatic rings. The monoisotopic (exact) mass is 427 g/mol. The van der Waals surface area contributed by atoms with Crippen LogP contribution in [0.3, 0.4) is 0 Å². The molecule has 5 aliphatic carbocycles. The molecule has 166 valence electrons. The second-order valence-electron chi connectivity index (χ2n) is 10.8. The summed E-state index contributed by atoms with van der Waals surface area (Å²) in [5, 5.41) is 9.41. The summed E-state index contributed by atoms with van der Waals surface area (Å²) < 4.78 is 21.4. The standard InChI is InChI=1S/C25H30FNO4/c26-20-10-22(31-13-25-11-14-6-15(12-25)8-17(25)7-14)18(16-3-4-16)9-19(20)23(28)27-5-1-2-21(27)24(29)30/h9-10,14-17,21H,1-8,11-13H2,(H,29,30)/t14?,15?,17?,21-,25?/m0/s1. The molecule has 6 fully saturated rings. The summed E-state index contributed by atoms with van der Waals surface area (Å²) in [4.78, 5) is 25.8. The van der Waals surface area contributed by atoms with E-state index in [1.54, 1.807) is 6.07 Å². The van der Waals surface area contributed by atoms with Gasteiger partial charge in [-0.15, -0.1) is 0 Å². The normalized spacial score (nSPS) is 35.7. The molecule has 0 spiro atoms. The van der Waals surface area contributed by atoms with Crippen molar-refractivity contribution in [2.24, 2.45) is 23.2 Å². The van der Waals surface area contributed by atoms with Gasteiger partial charge < -0.3 is 14.7 Å². The third-order valence-corrected chi connectivity index (χ3v) is 8.82. The van der Waals surface area contributed by atoms with Gasteiger partial charge in [-0.2, -0.15) is 0 Å². The Morgan fingerprint density at radius 1 is 1.13 bits per heavy atom. The summed E-state index contributed by atoms with van der Waals surface area (Å²) in [6.45, 7) is 1.02. The fourth-order valence-corrected chi connectivity index (χ4v) is 7.42. The molecule has 2 unspecified atom stereocenters. The number of aliphatic carboxylic acids is 1. The molecule has 5 nitrogen and oxygen atoms in total. The molecule has 1 N–H and O–H groups in total. The molecule has 3 atom stereocenters. The number of hydrogen-bond acceptors (Lipinski definition) is 3. The van der Waals surface area contributed by atoms with Crippen LogP contribution < -0.4 is 4.74 Å². The van der Waals surface area contributed by atoms with Gasteiger partial charge in [0.25, 0.3) is 5.91 Å². The topological polar surface area (TPSA) is 66.8 Å². The minimum atomic E-state index is -1.02. The van der Waals surface area contributed by atoms with Gasteiger partial charge in [0.1, 0.15) is 17.6 Å². The number of carboxylic acids is 1. The van der Waals surface area contributed by atoms with Crippen LogP contribution in [-0.4, -0.2) is 41.1 Å². The summed E-state index contributed by atoms with van der Waals surface area (Å²) in [5.41, 5.74) is 1.18. The molecule has 1 heterocycles. The summed E-state index contributed by atoms with van der Waals surface area (Å²) >= 11 is 0. The minimum Gasteiger partial charge on any atom is -0.493 e. The molecule has 6 aliphatic rings.